The van der Waals surface area contributed by atoms with Gasteiger partial charge in [0.25, 0.3) is 0 Å². The van der Waals surface area contributed by atoms with Crippen molar-refractivity contribution in [1.29, 1.82) is 0 Å². The Kier molecular flexibility index (Phi) is 5.31. The summed E-state index contributed by atoms with van der Waals surface area (Å²) in [6.45, 7) is 2.18. The molecule has 0 aliphatic heterocycles. The summed E-state index contributed by atoms with van der Waals surface area (Å²) >= 11 is -0.181. The Bertz CT molecular complexity index is 941. The molecule has 0 unspecified atom stereocenters. The molecule has 4 heteroatoms. The second kappa shape index (κ2) is 7.43. The maximum absolute atomic E-state index is 4.83. The minimum atomic E-state index is -0.181. The van der Waals surface area contributed by atoms with Crippen LogP contribution in [0, 0.1) is 6.92 Å². The van der Waals surface area contributed by atoms with Crippen LogP contribution in [0.15, 0.2) is 66.9 Å². The molecule has 0 saturated heterocycles. The van der Waals surface area contributed by atoms with Crippen LogP contribution in [-0.2, 0) is 13.4 Å². The molecule has 0 atom stereocenters. The van der Waals surface area contributed by atoms with Gasteiger partial charge in [0, 0.05) is 11.7 Å². The Morgan fingerprint density at radius 2 is 1.61 bits per heavy atom. The van der Waals surface area contributed by atoms with Crippen LogP contribution in [0.1, 0.15) is 5.56 Å². The first-order valence-corrected chi connectivity index (χ1v) is 10.7. The van der Waals surface area contributed by atoms with E-state index in [0.717, 1.165) is 5.52 Å². The fraction of sp³-hybridized carbons (Fsp3) is 0.0526. The predicted molar refractivity (Wildman–Crippen MR) is 96.7 cm³/mol. The Hall–Kier alpha value is -1.43. The third-order valence-electron chi connectivity index (χ3n) is 3.90. The fourth-order valence-electron chi connectivity index (χ4n) is 3.03. The first-order chi connectivity index (χ1) is 11.3. The SMILES string of the molecule is Cc1cc2ccccc2[c-]1-c1cccc2cccnc12.[Cl][Cr+][Cl]. The monoisotopic (exact) mass is 378 g/mol. The molecule has 0 aliphatic rings. The maximum atomic E-state index is 4.83. The van der Waals surface area contributed by atoms with E-state index in [1.165, 1.54) is 32.8 Å². The van der Waals surface area contributed by atoms with Crippen molar-refractivity contribution >= 4 is 41.8 Å². The van der Waals surface area contributed by atoms with Crippen LogP contribution >= 0.6 is 20.1 Å². The quantitative estimate of drug-likeness (QED) is 0.346. The van der Waals surface area contributed by atoms with E-state index in [1.54, 1.807) is 0 Å². The normalized spacial score (nSPS) is 10.4. The number of aromatic nitrogens is 1. The summed E-state index contributed by atoms with van der Waals surface area (Å²) in [5, 5.41) is 3.80. The summed E-state index contributed by atoms with van der Waals surface area (Å²) in [5.41, 5.74) is 4.92. The number of benzene rings is 2. The van der Waals surface area contributed by atoms with Gasteiger partial charge in [0.1, 0.15) is 0 Å². The Balaban J connectivity index is 0.000000485. The van der Waals surface area contributed by atoms with E-state index in [0.29, 0.717) is 0 Å². The number of hydrogen-bond donors (Lipinski definition) is 0. The van der Waals surface area contributed by atoms with E-state index >= 15 is 0 Å². The van der Waals surface area contributed by atoms with Crippen LogP contribution in [0.25, 0.3) is 32.8 Å². The van der Waals surface area contributed by atoms with Crippen molar-refractivity contribution in [3.63, 3.8) is 0 Å². The van der Waals surface area contributed by atoms with E-state index in [1.807, 2.05) is 12.3 Å². The Morgan fingerprint density at radius 1 is 0.913 bits per heavy atom. The predicted octanol–water partition coefficient (Wildman–Crippen LogP) is 6.46. The van der Waals surface area contributed by atoms with Crippen LogP contribution in [0.3, 0.4) is 0 Å². The van der Waals surface area contributed by atoms with Crippen molar-refractivity contribution in [2.75, 3.05) is 0 Å². The van der Waals surface area contributed by atoms with E-state index in [9.17, 15) is 0 Å². The first kappa shape index (κ1) is 16.4. The number of pyridine rings is 1. The molecule has 0 saturated carbocycles. The summed E-state index contributed by atoms with van der Waals surface area (Å²) in [6.07, 6.45) is 1.87. The summed E-state index contributed by atoms with van der Waals surface area (Å²) < 4.78 is 0. The van der Waals surface area contributed by atoms with Crippen LogP contribution in [0.4, 0.5) is 0 Å². The third kappa shape index (κ3) is 3.27. The van der Waals surface area contributed by atoms with E-state index in [4.69, 9.17) is 20.1 Å². The van der Waals surface area contributed by atoms with Crippen LogP contribution in [0.2, 0.25) is 0 Å². The van der Waals surface area contributed by atoms with Gasteiger partial charge in [0.15, 0.2) is 0 Å². The van der Waals surface area contributed by atoms with Crippen molar-refractivity contribution < 1.29 is 13.4 Å². The van der Waals surface area contributed by atoms with Gasteiger partial charge in [-0.1, -0.05) is 65.2 Å². The van der Waals surface area contributed by atoms with Gasteiger partial charge < -0.3 is 0 Å². The van der Waals surface area contributed by atoms with Crippen LogP contribution < -0.4 is 0 Å². The number of halogens is 2. The van der Waals surface area contributed by atoms with E-state index in [2.05, 4.69) is 66.5 Å². The first-order valence-electron chi connectivity index (χ1n) is 7.14. The molecule has 0 spiro atoms. The average Bonchev–Trinajstić information content (AvgIpc) is 2.91. The number of rotatable bonds is 1. The molecule has 0 fully saturated rings. The second-order valence-electron chi connectivity index (χ2n) is 5.23. The van der Waals surface area contributed by atoms with Crippen molar-refractivity contribution in [1.82, 2.24) is 4.98 Å². The van der Waals surface area contributed by atoms with Gasteiger partial charge in [-0.2, -0.15) is 0 Å². The molecular formula is C19H14Cl2CrN. The summed E-state index contributed by atoms with van der Waals surface area (Å²) in [4.78, 5) is 4.59. The van der Waals surface area contributed by atoms with Crippen LogP contribution in [0.5, 0.6) is 0 Å². The molecule has 4 aromatic rings. The van der Waals surface area contributed by atoms with E-state index in [-0.39, 0.29) is 13.4 Å². The standard InChI is InChI=1S/C19H14N.2ClH.Cr/c1-13-12-15-6-2-3-9-16(15)18(13)17-10-4-7-14-8-5-11-20-19(14)17;;;/h2-12H,1H3;2*1H;/q-1;;;+3/p-2. The molecule has 23 heavy (non-hydrogen) atoms. The Morgan fingerprint density at radius 3 is 2.43 bits per heavy atom. The van der Waals surface area contributed by atoms with Crippen molar-refractivity contribution in [3.8, 4) is 11.1 Å². The molecule has 0 bridgehead atoms. The summed E-state index contributed by atoms with van der Waals surface area (Å²) in [5.74, 6) is 0. The number of hydrogen-bond acceptors (Lipinski definition) is 1. The molecule has 0 radical (unpaired) electrons. The van der Waals surface area contributed by atoms with Gasteiger partial charge in [-0.05, 0) is 11.5 Å². The van der Waals surface area contributed by atoms with Gasteiger partial charge in [-0.15, -0.1) is 23.8 Å². The van der Waals surface area contributed by atoms with Crippen LogP contribution in [-0.4, -0.2) is 4.98 Å². The van der Waals surface area contributed by atoms with Gasteiger partial charge in [-0.25, -0.2) is 0 Å². The minimum absolute atomic E-state index is 0.181. The average molecular weight is 379 g/mol. The molecule has 0 aliphatic carbocycles. The number of nitrogens with zero attached hydrogens (tertiary/aromatic N) is 1. The fourth-order valence-corrected chi connectivity index (χ4v) is 3.03. The van der Waals surface area contributed by atoms with Gasteiger partial charge >= 0.3 is 33.5 Å². The number of para-hydroxylation sites is 1. The molecule has 4 rings (SSSR count). The van der Waals surface area contributed by atoms with E-state index < -0.39 is 0 Å². The number of aryl methyl sites for hydroxylation is 1. The second-order valence-corrected chi connectivity index (χ2v) is 7.33. The van der Waals surface area contributed by atoms with Crippen molar-refractivity contribution in [3.05, 3.63) is 72.4 Å². The molecule has 0 amide bonds. The molecule has 3 aromatic carbocycles. The van der Waals surface area contributed by atoms with Gasteiger partial charge in [0.05, 0.1) is 0 Å². The molecule has 1 heterocycles. The van der Waals surface area contributed by atoms with Crippen molar-refractivity contribution in [2.45, 2.75) is 6.92 Å². The zero-order valence-corrected chi connectivity index (χ0v) is 15.2. The molecule has 115 valence electrons. The summed E-state index contributed by atoms with van der Waals surface area (Å²) in [6, 6.07) is 21.3. The van der Waals surface area contributed by atoms with Gasteiger partial charge in [0.2, 0.25) is 0 Å². The molecule has 1 aromatic heterocycles. The van der Waals surface area contributed by atoms with Crippen molar-refractivity contribution in [2.24, 2.45) is 0 Å². The molecule has 1 nitrogen and oxygen atoms in total. The van der Waals surface area contributed by atoms with Gasteiger partial charge in [-0.3, -0.25) is 4.98 Å². The third-order valence-corrected chi connectivity index (χ3v) is 3.90. The zero-order chi connectivity index (χ0) is 16.2. The topological polar surface area (TPSA) is 12.9 Å². The zero-order valence-electron chi connectivity index (χ0n) is 12.5. The number of fused-ring (bicyclic) bond motifs is 2. The summed E-state index contributed by atoms with van der Waals surface area (Å²) in [7, 11) is 9.65. The molecular weight excluding hydrogens is 365 g/mol. The Labute approximate surface area is 150 Å². The molecule has 0 N–H and O–H groups in total.